The molecule has 0 saturated heterocycles. The van der Waals surface area contributed by atoms with Crippen LogP contribution in [-0.2, 0) is 26.2 Å². The average molecular weight is 631 g/mol. The van der Waals surface area contributed by atoms with Crippen LogP contribution in [0.4, 0.5) is 5.69 Å². The van der Waals surface area contributed by atoms with Gasteiger partial charge in [0.2, 0.25) is 11.8 Å². The zero-order chi connectivity index (χ0) is 29.3. The average Bonchev–Trinajstić information content (AvgIpc) is 2.94. The van der Waals surface area contributed by atoms with Gasteiger partial charge >= 0.3 is 0 Å². The van der Waals surface area contributed by atoms with Gasteiger partial charge in [-0.05, 0) is 74.4 Å². The lowest BCUT2D eigenvalue weighted by Crippen LogP contribution is -2.51. The number of rotatable bonds is 13. The molecule has 0 unspecified atom stereocenters. The largest absolute Gasteiger partial charge is 0.497 e. The number of carbonyl (C=O) groups excluding carboxylic acids is 2. The van der Waals surface area contributed by atoms with Gasteiger partial charge in [-0.15, -0.1) is 0 Å². The molecular formula is C30H36BrN3O5S. The molecule has 3 aromatic rings. The van der Waals surface area contributed by atoms with Crippen molar-refractivity contribution in [1.29, 1.82) is 0 Å². The van der Waals surface area contributed by atoms with Gasteiger partial charge < -0.3 is 15.0 Å². The van der Waals surface area contributed by atoms with Gasteiger partial charge in [0.25, 0.3) is 10.0 Å². The number of unbranched alkanes of at least 4 members (excludes halogenated alkanes) is 1. The summed E-state index contributed by atoms with van der Waals surface area (Å²) in [6, 6.07) is 19.6. The van der Waals surface area contributed by atoms with Crippen LogP contribution in [0.15, 0.2) is 82.2 Å². The van der Waals surface area contributed by atoms with E-state index in [-0.39, 0.29) is 17.3 Å². The molecule has 3 rings (SSSR count). The molecule has 40 heavy (non-hydrogen) atoms. The van der Waals surface area contributed by atoms with Crippen LogP contribution in [0, 0.1) is 6.92 Å². The number of benzene rings is 3. The summed E-state index contributed by atoms with van der Waals surface area (Å²) in [5.41, 5.74) is 2.10. The van der Waals surface area contributed by atoms with Crippen molar-refractivity contribution < 1.29 is 22.7 Å². The Balaban J connectivity index is 2.00. The number of carbonyl (C=O) groups is 2. The van der Waals surface area contributed by atoms with E-state index in [0.29, 0.717) is 18.0 Å². The predicted molar refractivity (Wildman–Crippen MR) is 161 cm³/mol. The van der Waals surface area contributed by atoms with Crippen molar-refractivity contribution in [2.45, 2.75) is 51.1 Å². The Morgan fingerprint density at radius 2 is 1.70 bits per heavy atom. The normalized spacial score (nSPS) is 11.9. The summed E-state index contributed by atoms with van der Waals surface area (Å²) in [5.74, 6) is -0.285. The van der Waals surface area contributed by atoms with Crippen LogP contribution in [0.2, 0.25) is 0 Å². The maximum absolute atomic E-state index is 13.9. The number of halogens is 1. The van der Waals surface area contributed by atoms with Gasteiger partial charge in [0, 0.05) is 17.6 Å². The van der Waals surface area contributed by atoms with Crippen molar-refractivity contribution >= 4 is 43.5 Å². The molecule has 214 valence electrons. The fraction of sp³-hybridized carbons (Fsp3) is 0.333. The lowest BCUT2D eigenvalue weighted by molar-refractivity contribution is -0.139. The summed E-state index contributed by atoms with van der Waals surface area (Å²) >= 11 is 3.46. The lowest BCUT2D eigenvalue weighted by atomic mass is 10.1. The van der Waals surface area contributed by atoms with Crippen molar-refractivity contribution in [2.75, 3.05) is 24.5 Å². The SMILES string of the molecule is CCCCNC(=O)[C@@H](C)N(Cc1cccc(Br)c1)C(=O)CN(c1ccc(C)cc1)S(=O)(=O)c1ccc(OC)cc1. The van der Waals surface area contributed by atoms with E-state index < -0.39 is 28.5 Å². The lowest BCUT2D eigenvalue weighted by Gasteiger charge is -2.32. The molecule has 0 radical (unpaired) electrons. The Morgan fingerprint density at radius 3 is 2.30 bits per heavy atom. The number of amides is 2. The highest BCUT2D eigenvalue weighted by Crippen LogP contribution is 2.26. The number of methoxy groups -OCH3 is 1. The summed E-state index contributed by atoms with van der Waals surface area (Å²) in [4.78, 5) is 28.4. The van der Waals surface area contributed by atoms with Gasteiger partial charge in [-0.25, -0.2) is 8.42 Å². The highest BCUT2D eigenvalue weighted by molar-refractivity contribution is 9.10. The molecule has 1 N–H and O–H groups in total. The van der Waals surface area contributed by atoms with E-state index >= 15 is 0 Å². The monoisotopic (exact) mass is 629 g/mol. The van der Waals surface area contributed by atoms with Gasteiger partial charge in [0.1, 0.15) is 18.3 Å². The zero-order valence-electron chi connectivity index (χ0n) is 23.3. The molecule has 2 amide bonds. The Bertz CT molecular complexity index is 1400. The minimum atomic E-state index is -4.14. The Hall–Kier alpha value is -3.37. The molecule has 3 aromatic carbocycles. The number of sulfonamides is 1. The fourth-order valence-corrected chi connectivity index (χ4v) is 5.93. The summed E-state index contributed by atoms with van der Waals surface area (Å²) < 4.78 is 34.9. The highest BCUT2D eigenvalue weighted by atomic mass is 79.9. The molecule has 1 atom stereocenters. The van der Waals surface area contributed by atoms with Crippen LogP contribution in [-0.4, -0.2) is 51.4 Å². The van der Waals surface area contributed by atoms with Crippen LogP contribution in [0.1, 0.15) is 37.8 Å². The van der Waals surface area contributed by atoms with Crippen LogP contribution in [0.5, 0.6) is 5.75 Å². The quantitative estimate of drug-likeness (QED) is 0.259. The van der Waals surface area contributed by atoms with Crippen LogP contribution in [0.3, 0.4) is 0 Å². The van der Waals surface area contributed by atoms with Crippen molar-refractivity contribution in [2.24, 2.45) is 0 Å². The van der Waals surface area contributed by atoms with Crippen LogP contribution in [0.25, 0.3) is 0 Å². The standard InChI is InChI=1S/C30H36BrN3O5S/c1-5-6-18-32-30(36)23(3)33(20-24-8-7-9-25(31)19-24)29(35)21-34(26-12-10-22(2)11-13-26)40(37,38)28-16-14-27(39-4)15-17-28/h7-17,19,23H,5-6,18,20-21H2,1-4H3,(H,32,36)/t23-/m1/s1. The first-order valence-electron chi connectivity index (χ1n) is 13.1. The third-order valence-electron chi connectivity index (χ3n) is 6.49. The topological polar surface area (TPSA) is 96.0 Å². The molecule has 0 aromatic heterocycles. The van der Waals surface area contributed by atoms with E-state index in [1.807, 2.05) is 38.1 Å². The first-order valence-corrected chi connectivity index (χ1v) is 15.3. The molecule has 0 aliphatic rings. The number of nitrogens with zero attached hydrogens (tertiary/aromatic N) is 2. The van der Waals surface area contributed by atoms with E-state index in [2.05, 4.69) is 21.2 Å². The third-order valence-corrected chi connectivity index (χ3v) is 8.77. The van der Waals surface area contributed by atoms with E-state index in [0.717, 1.165) is 32.7 Å². The Morgan fingerprint density at radius 1 is 1.02 bits per heavy atom. The smallest absolute Gasteiger partial charge is 0.264 e. The second-order valence-electron chi connectivity index (χ2n) is 9.49. The first kappa shape index (κ1) is 31.2. The second-order valence-corrected chi connectivity index (χ2v) is 12.3. The fourth-order valence-electron chi connectivity index (χ4n) is 4.07. The minimum Gasteiger partial charge on any atom is -0.497 e. The molecule has 8 nitrogen and oxygen atoms in total. The third kappa shape index (κ3) is 8.08. The first-order chi connectivity index (χ1) is 19.1. The highest BCUT2D eigenvalue weighted by Gasteiger charge is 2.32. The predicted octanol–water partition coefficient (Wildman–Crippen LogP) is 5.30. The van der Waals surface area contributed by atoms with Gasteiger partial charge in [-0.3, -0.25) is 13.9 Å². The molecule has 0 heterocycles. The molecule has 10 heteroatoms. The number of anilines is 1. The van der Waals surface area contributed by atoms with Crippen LogP contribution >= 0.6 is 15.9 Å². The maximum atomic E-state index is 13.9. The number of hydrogen-bond donors (Lipinski definition) is 1. The number of ether oxygens (including phenoxy) is 1. The van der Waals surface area contributed by atoms with Crippen molar-refractivity contribution in [3.05, 3.63) is 88.4 Å². The van der Waals surface area contributed by atoms with Gasteiger partial charge in [-0.1, -0.05) is 59.1 Å². The molecule has 0 aliphatic heterocycles. The molecule has 0 aliphatic carbocycles. The summed E-state index contributed by atoms with van der Waals surface area (Å²) in [7, 11) is -2.64. The summed E-state index contributed by atoms with van der Waals surface area (Å²) in [5, 5.41) is 2.89. The van der Waals surface area contributed by atoms with Gasteiger partial charge in [0.05, 0.1) is 17.7 Å². The Labute approximate surface area is 245 Å². The molecule has 0 saturated carbocycles. The summed E-state index contributed by atoms with van der Waals surface area (Å²) in [6.45, 7) is 5.73. The van der Waals surface area contributed by atoms with Crippen molar-refractivity contribution in [3.63, 3.8) is 0 Å². The minimum absolute atomic E-state index is 0.0190. The van der Waals surface area contributed by atoms with E-state index in [9.17, 15) is 18.0 Å². The van der Waals surface area contributed by atoms with Gasteiger partial charge in [0.15, 0.2) is 0 Å². The van der Waals surface area contributed by atoms with E-state index in [1.54, 1.807) is 43.3 Å². The number of nitrogens with one attached hydrogen (secondary N) is 1. The number of hydrogen-bond acceptors (Lipinski definition) is 5. The van der Waals surface area contributed by atoms with Gasteiger partial charge in [-0.2, -0.15) is 0 Å². The molecular weight excluding hydrogens is 594 g/mol. The number of aryl methyl sites for hydroxylation is 1. The summed E-state index contributed by atoms with van der Waals surface area (Å²) in [6.07, 6.45) is 1.74. The Kier molecular flexibility index (Phi) is 11.2. The molecule has 0 fully saturated rings. The maximum Gasteiger partial charge on any atom is 0.264 e. The second kappa shape index (κ2) is 14.3. The van der Waals surface area contributed by atoms with Crippen molar-refractivity contribution in [3.8, 4) is 5.75 Å². The van der Waals surface area contributed by atoms with E-state index in [4.69, 9.17) is 4.74 Å². The van der Waals surface area contributed by atoms with E-state index in [1.165, 1.54) is 24.1 Å². The molecule has 0 spiro atoms. The van der Waals surface area contributed by atoms with Crippen molar-refractivity contribution in [1.82, 2.24) is 10.2 Å². The zero-order valence-corrected chi connectivity index (χ0v) is 25.7. The van der Waals surface area contributed by atoms with Crippen LogP contribution < -0.4 is 14.4 Å². The molecule has 0 bridgehead atoms.